The molecule has 0 aromatic heterocycles. The average molecular weight is 253 g/mol. The normalized spacial score (nSPS) is 8.71. The Bertz CT molecular complexity index is 388. The molecule has 0 saturated heterocycles. The minimum absolute atomic E-state index is 0.141. The molecule has 14 heavy (non-hydrogen) atoms. The maximum Gasteiger partial charge on any atom is 0.303 e. The second kappa shape index (κ2) is 5.46. The van der Waals surface area contributed by atoms with Crippen LogP contribution in [0.4, 0.5) is 0 Å². The van der Waals surface area contributed by atoms with Crippen LogP contribution in [0.15, 0.2) is 28.7 Å². The van der Waals surface area contributed by atoms with Crippen molar-refractivity contribution in [1.29, 1.82) is 0 Å². The Kier molecular flexibility index (Phi) is 4.21. The van der Waals surface area contributed by atoms with Gasteiger partial charge in [0.1, 0.15) is 0 Å². The summed E-state index contributed by atoms with van der Waals surface area (Å²) in [6, 6.07) is 7.63. The fourth-order valence-corrected chi connectivity index (χ4v) is 1.24. The van der Waals surface area contributed by atoms with Gasteiger partial charge in [-0.3, -0.25) is 4.79 Å². The van der Waals surface area contributed by atoms with Crippen LogP contribution in [-0.4, -0.2) is 12.6 Å². The van der Waals surface area contributed by atoms with Crippen molar-refractivity contribution >= 4 is 21.9 Å². The number of hydrogen-bond acceptors (Lipinski definition) is 2. The fraction of sp³-hybridized carbons (Fsp3) is 0.182. The lowest BCUT2D eigenvalue weighted by atomic mass is 10.2. The molecular formula is C11H9BrO2. The Morgan fingerprint density at radius 1 is 1.57 bits per heavy atom. The van der Waals surface area contributed by atoms with Gasteiger partial charge in [0.15, 0.2) is 6.61 Å². The van der Waals surface area contributed by atoms with Crippen LogP contribution < -0.4 is 0 Å². The Balaban J connectivity index is 2.55. The Morgan fingerprint density at radius 2 is 2.36 bits per heavy atom. The molecule has 2 nitrogen and oxygen atoms in total. The van der Waals surface area contributed by atoms with Gasteiger partial charge in [0.25, 0.3) is 0 Å². The van der Waals surface area contributed by atoms with Crippen LogP contribution in [0.5, 0.6) is 0 Å². The lowest BCUT2D eigenvalue weighted by molar-refractivity contribution is -0.139. The van der Waals surface area contributed by atoms with Gasteiger partial charge >= 0.3 is 5.97 Å². The van der Waals surface area contributed by atoms with Crippen molar-refractivity contribution in [2.75, 3.05) is 6.61 Å². The van der Waals surface area contributed by atoms with Crippen molar-refractivity contribution in [3.8, 4) is 11.8 Å². The van der Waals surface area contributed by atoms with E-state index in [2.05, 4.69) is 32.5 Å². The molecule has 3 heteroatoms. The highest BCUT2D eigenvalue weighted by molar-refractivity contribution is 9.10. The van der Waals surface area contributed by atoms with Crippen LogP contribution in [-0.2, 0) is 9.53 Å². The number of ether oxygens (including phenoxy) is 1. The molecule has 0 atom stereocenters. The molecule has 0 spiro atoms. The van der Waals surface area contributed by atoms with Gasteiger partial charge in [-0.05, 0) is 18.2 Å². The molecule has 0 N–H and O–H groups in total. The number of esters is 1. The highest BCUT2D eigenvalue weighted by atomic mass is 79.9. The van der Waals surface area contributed by atoms with Gasteiger partial charge in [-0.1, -0.05) is 33.8 Å². The second-order valence-electron chi connectivity index (χ2n) is 2.59. The summed E-state index contributed by atoms with van der Waals surface area (Å²) in [5.41, 5.74) is 0.895. The molecule has 1 aromatic carbocycles. The molecule has 0 aliphatic carbocycles. The summed E-state index contributed by atoms with van der Waals surface area (Å²) in [5, 5.41) is 0. The molecule has 0 aliphatic heterocycles. The van der Waals surface area contributed by atoms with E-state index in [1.807, 2.05) is 24.3 Å². The first-order valence-electron chi connectivity index (χ1n) is 4.06. The SMILES string of the molecule is CC(=O)OCC#Cc1cccc(Br)c1. The van der Waals surface area contributed by atoms with E-state index in [-0.39, 0.29) is 12.6 Å². The molecule has 0 saturated carbocycles. The van der Waals surface area contributed by atoms with Crippen LogP contribution in [0.25, 0.3) is 0 Å². The number of rotatable bonds is 1. The summed E-state index contributed by atoms with van der Waals surface area (Å²) < 4.78 is 5.65. The lowest BCUT2D eigenvalue weighted by Gasteiger charge is -1.92. The highest BCUT2D eigenvalue weighted by Crippen LogP contribution is 2.10. The largest absolute Gasteiger partial charge is 0.453 e. The summed E-state index contributed by atoms with van der Waals surface area (Å²) in [5.74, 6) is 5.32. The fourth-order valence-electron chi connectivity index (χ4n) is 0.842. The molecule has 0 bridgehead atoms. The molecular weight excluding hydrogens is 244 g/mol. The number of benzene rings is 1. The zero-order valence-electron chi connectivity index (χ0n) is 7.71. The molecule has 0 radical (unpaired) electrons. The molecule has 0 fully saturated rings. The van der Waals surface area contributed by atoms with Gasteiger partial charge < -0.3 is 4.74 Å². The number of hydrogen-bond donors (Lipinski definition) is 0. The number of carbonyl (C=O) groups is 1. The van der Waals surface area contributed by atoms with Gasteiger partial charge in [-0.15, -0.1) is 0 Å². The first-order chi connectivity index (χ1) is 6.68. The first-order valence-corrected chi connectivity index (χ1v) is 4.85. The molecule has 1 aromatic rings. The molecule has 72 valence electrons. The van der Waals surface area contributed by atoms with Crippen molar-refractivity contribution in [3.05, 3.63) is 34.3 Å². The van der Waals surface area contributed by atoms with E-state index in [1.54, 1.807) is 0 Å². The van der Waals surface area contributed by atoms with E-state index in [0.29, 0.717) is 0 Å². The zero-order chi connectivity index (χ0) is 10.4. The monoisotopic (exact) mass is 252 g/mol. The third-order valence-electron chi connectivity index (χ3n) is 1.40. The summed E-state index contributed by atoms with van der Waals surface area (Å²) in [7, 11) is 0. The van der Waals surface area contributed by atoms with Crippen LogP contribution in [0.2, 0.25) is 0 Å². The topological polar surface area (TPSA) is 26.3 Å². The van der Waals surface area contributed by atoms with Crippen molar-refractivity contribution in [3.63, 3.8) is 0 Å². The first kappa shape index (κ1) is 10.8. The third-order valence-corrected chi connectivity index (χ3v) is 1.90. The van der Waals surface area contributed by atoms with Crippen LogP contribution in [0.1, 0.15) is 12.5 Å². The lowest BCUT2D eigenvalue weighted by Crippen LogP contribution is -1.97. The van der Waals surface area contributed by atoms with E-state index in [9.17, 15) is 4.79 Å². The predicted octanol–water partition coefficient (Wildman–Crippen LogP) is 2.36. The molecule has 0 amide bonds. The highest BCUT2D eigenvalue weighted by Gasteiger charge is 1.89. The Morgan fingerprint density at radius 3 is 3.00 bits per heavy atom. The standard InChI is InChI=1S/C11H9BrO2/c1-9(13)14-7-3-5-10-4-2-6-11(12)8-10/h2,4,6,8H,7H2,1H3. The van der Waals surface area contributed by atoms with Gasteiger partial charge in [-0.2, -0.15) is 0 Å². The number of carbonyl (C=O) groups excluding carboxylic acids is 1. The van der Waals surface area contributed by atoms with E-state index >= 15 is 0 Å². The van der Waals surface area contributed by atoms with E-state index < -0.39 is 0 Å². The van der Waals surface area contributed by atoms with Crippen LogP contribution in [0, 0.1) is 11.8 Å². The van der Waals surface area contributed by atoms with Gasteiger partial charge in [0.05, 0.1) is 0 Å². The van der Waals surface area contributed by atoms with Crippen molar-refractivity contribution < 1.29 is 9.53 Å². The predicted molar refractivity (Wildman–Crippen MR) is 57.7 cm³/mol. The summed E-state index contributed by atoms with van der Waals surface area (Å²) in [6.07, 6.45) is 0. The Labute approximate surface area is 91.4 Å². The maximum absolute atomic E-state index is 10.4. The van der Waals surface area contributed by atoms with Gasteiger partial charge in [0, 0.05) is 17.0 Å². The van der Waals surface area contributed by atoms with Crippen LogP contribution in [0.3, 0.4) is 0 Å². The smallest absolute Gasteiger partial charge is 0.303 e. The van der Waals surface area contributed by atoms with Gasteiger partial charge in [-0.25, -0.2) is 0 Å². The van der Waals surface area contributed by atoms with Gasteiger partial charge in [0.2, 0.25) is 0 Å². The quantitative estimate of drug-likeness (QED) is 0.567. The minimum atomic E-state index is -0.312. The van der Waals surface area contributed by atoms with E-state index in [0.717, 1.165) is 10.0 Å². The molecule has 0 unspecified atom stereocenters. The average Bonchev–Trinajstić information content (AvgIpc) is 2.12. The van der Waals surface area contributed by atoms with E-state index in [1.165, 1.54) is 6.92 Å². The molecule has 0 heterocycles. The second-order valence-corrected chi connectivity index (χ2v) is 3.51. The van der Waals surface area contributed by atoms with Crippen molar-refractivity contribution in [2.45, 2.75) is 6.92 Å². The zero-order valence-corrected chi connectivity index (χ0v) is 9.30. The summed E-state index contributed by atoms with van der Waals surface area (Å²) >= 11 is 3.34. The number of halogens is 1. The maximum atomic E-state index is 10.4. The minimum Gasteiger partial charge on any atom is -0.453 e. The molecule has 0 aliphatic rings. The summed E-state index contributed by atoms with van der Waals surface area (Å²) in [6.45, 7) is 1.50. The third kappa shape index (κ3) is 4.11. The Hall–Kier alpha value is -1.27. The van der Waals surface area contributed by atoms with Crippen molar-refractivity contribution in [2.24, 2.45) is 0 Å². The van der Waals surface area contributed by atoms with Crippen molar-refractivity contribution in [1.82, 2.24) is 0 Å². The molecule has 1 rings (SSSR count). The van der Waals surface area contributed by atoms with Crippen LogP contribution >= 0.6 is 15.9 Å². The summed E-state index contributed by atoms with van der Waals surface area (Å²) in [4.78, 5) is 10.4. The van der Waals surface area contributed by atoms with E-state index in [4.69, 9.17) is 0 Å².